The Bertz CT molecular complexity index is 2040. The number of alkyl carbamates (subject to hydrolysis) is 2. The molecule has 0 radical (unpaired) electrons. The van der Waals surface area contributed by atoms with Crippen LogP contribution in [0.5, 0.6) is 0 Å². The van der Waals surface area contributed by atoms with Gasteiger partial charge in [-0.2, -0.15) is 0 Å². The van der Waals surface area contributed by atoms with E-state index in [1.54, 1.807) is 11.1 Å². The number of likely N-dealkylation sites (tertiary alicyclic amines) is 2. The maximum Gasteiger partial charge on any atom is 0.407 e. The first-order valence-corrected chi connectivity index (χ1v) is 19.5. The van der Waals surface area contributed by atoms with Gasteiger partial charge in [0.25, 0.3) is 0 Å². The molecule has 3 aromatic heterocycles. The zero-order chi connectivity index (χ0) is 39.7. The standard InChI is InChI=1S/C41H51N9O6/c1-22(2)33(47-40(53)55-5)38(51)49-17-7-8-32(49)36-43-20-30(45-36)25-11-9-24(10-12-25)29-16-14-27(19-42-29)31-21-44-37(46-31)35-26-13-15-28(18-26)50(35)39(52)34(23(3)4)48-41(54)56-6/h9-12,14,16,19-23,26,28,32-35H,7-8,13,15,17-18H2,1-6H3,(H,43,45)(H,44,46)(H,47,53)(H,48,54)/t26?,28?,32-,33-,34-,35-/m0/s1. The lowest BCUT2D eigenvalue weighted by molar-refractivity contribution is -0.139. The third-order valence-corrected chi connectivity index (χ3v) is 11.5. The third-order valence-electron chi connectivity index (χ3n) is 11.5. The number of piperidine rings is 1. The zero-order valence-electron chi connectivity index (χ0n) is 32.7. The summed E-state index contributed by atoms with van der Waals surface area (Å²) >= 11 is 0. The second-order valence-electron chi connectivity index (χ2n) is 15.7. The van der Waals surface area contributed by atoms with E-state index in [9.17, 15) is 19.2 Å². The number of nitrogens with one attached hydrogen (secondary N) is 4. The highest BCUT2D eigenvalue weighted by molar-refractivity contribution is 5.87. The van der Waals surface area contributed by atoms with Crippen LogP contribution < -0.4 is 10.6 Å². The SMILES string of the molecule is COC(=O)N[C@H](C(=O)N1CCC[C@H]1c1nc(-c2ccc(-c3ccc(-c4c[nH]c([C@@H]5C6CCC(C6)N5C(=O)[C@@H](NC(=O)OC)C(C)C)n4)cn3)cc2)c[nH]1)C(C)C. The van der Waals surface area contributed by atoms with Gasteiger partial charge in [0.05, 0.1) is 43.4 Å². The Kier molecular flexibility index (Phi) is 11.1. The van der Waals surface area contributed by atoms with E-state index >= 15 is 0 Å². The number of imidazole rings is 2. The van der Waals surface area contributed by atoms with Gasteiger partial charge in [0.1, 0.15) is 23.7 Å². The van der Waals surface area contributed by atoms with Crippen LogP contribution in [0.25, 0.3) is 33.8 Å². The normalized spacial score (nSPS) is 21.4. The predicted molar refractivity (Wildman–Crippen MR) is 208 cm³/mol. The minimum Gasteiger partial charge on any atom is -0.453 e. The summed E-state index contributed by atoms with van der Waals surface area (Å²) in [5, 5.41) is 5.43. The number of pyridine rings is 1. The Balaban J connectivity index is 1.02. The highest BCUT2D eigenvalue weighted by Crippen LogP contribution is 2.50. The molecule has 1 saturated carbocycles. The number of hydrogen-bond donors (Lipinski definition) is 4. The fourth-order valence-corrected chi connectivity index (χ4v) is 8.53. The van der Waals surface area contributed by atoms with Gasteiger partial charge >= 0.3 is 12.2 Å². The molecule has 15 heteroatoms. The minimum absolute atomic E-state index is 0.108. The summed E-state index contributed by atoms with van der Waals surface area (Å²) in [4.78, 5) is 76.5. The Morgan fingerprint density at radius 3 is 1.91 bits per heavy atom. The predicted octanol–water partition coefficient (Wildman–Crippen LogP) is 6.01. The van der Waals surface area contributed by atoms with Gasteiger partial charge < -0.3 is 39.9 Å². The first-order chi connectivity index (χ1) is 27.0. The molecule has 1 aliphatic carbocycles. The number of methoxy groups -OCH3 is 2. The van der Waals surface area contributed by atoms with Crippen molar-refractivity contribution in [1.29, 1.82) is 0 Å². The molecule has 7 rings (SSSR count). The van der Waals surface area contributed by atoms with E-state index in [2.05, 4.69) is 20.6 Å². The molecule has 1 aromatic carbocycles. The molecule has 296 valence electrons. The van der Waals surface area contributed by atoms with Crippen LogP contribution in [0.1, 0.15) is 83.5 Å². The number of aromatic amines is 2. The van der Waals surface area contributed by atoms with E-state index in [1.165, 1.54) is 14.2 Å². The highest BCUT2D eigenvalue weighted by atomic mass is 16.5. The molecule has 15 nitrogen and oxygen atoms in total. The van der Waals surface area contributed by atoms with Crippen molar-refractivity contribution in [3.8, 4) is 33.8 Å². The molecule has 2 bridgehead atoms. The number of carbonyl (C=O) groups is 4. The molecule has 2 unspecified atom stereocenters. The van der Waals surface area contributed by atoms with E-state index in [0.717, 1.165) is 71.7 Å². The fraction of sp³-hybridized carbons (Fsp3) is 0.488. The van der Waals surface area contributed by atoms with Crippen molar-refractivity contribution in [2.75, 3.05) is 20.8 Å². The zero-order valence-corrected chi connectivity index (χ0v) is 32.7. The summed E-state index contributed by atoms with van der Waals surface area (Å²) in [5.41, 5.74) is 5.04. The lowest BCUT2D eigenvalue weighted by Crippen LogP contribution is -2.54. The van der Waals surface area contributed by atoms with Gasteiger partial charge in [0.15, 0.2) is 0 Å². The quantitative estimate of drug-likeness (QED) is 0.142. The van der Waals surface area contributed by atoms with E-state index in [0.29, 0.717) is 18.3 Å². The molecule has 4 N–H and O–H groups in total. The lowest BCUT2D eigenvalue weighted by Gasteiger charge is -2.37. The van der Waals surface area contributed by atoms with E-state index < -0.39 is 24.3 Å². The maximum atomic E-state index is 13.9. The van der Waals surface area contributed by atoms with Crippen molar-refractivity contribution in [2.24, 2.45) is 17.8 Å². The molecular formula is C41H51N9O6. The van der Waals surface area contributed by atoms with E-state index in [1.807, 2.05) is 81.4 Å². The van der Waals surface area contributed by atoms with Crippen LogP contribution in [0.4, 0.5) is 9.59 Å². The van der Waals surface area contributed by atoms with Crippen molar-refractivity contribution in [2.45, 2.75) is 90.0 Å². The number of fused-ring (bicyclic) bond motifs is 2. The Morgan fingerprint density at radius 2 is 1.30 bits per heavy atom. The molecular weight excluding hydrogens is 715 g/mol. The second-order valence-corrected chi connectivity index (χ2v) is 15.7. The maximum absolute atomic E-state index is 13.9. The molecule has 5 heterocycles. The molecule has 4 aromatic rings. The van der Waals surface area contributed by atoms with Crippen LogP contribution in [0.2, 0.25) is 0 Å². The minimum atomic E-state index is -0.693. The molecule has 6 atom stereocenters. The Labute approximate surface area is 326 Å². The largest absolute Gasteiger partial charge is 0.453 e. The first kappa shape index (κ1) is 38.5. The molecule has 3 fully saturated rings. The highest BCUT2D eigenvalue weighted by Gasteiger charge is 2.51. The van der Waals surface area contributed by atoms with Crippen LogP contribution in [0, 0.1) is 17.8 Å². The average Bonchev–Trinajstić information content (AvgIpc) is 4.06. The number of ether oxygens (including phenoxy) is 2. The van der Waals surface area contributed by atoms with E-state index in [4.69, 9.17) is 24.4 Å². The van der Waals surface area contributed by atoms with Crippen LogP contribution in [0.3, 0.4) is 0 Å². The summed E-state index contributed by atoms with van der Waals surface area (Å²) in [6, 6.07) is 10.3. The third kappa shape index (κ3) is 7.58. The van der Waals surface area contributed by atoms with Gasteiger partial charge in [-0.1, -0.05) is 52.0 Å². The summed E-state index contributed by atoms with van der Waals surface area (Å²) in [6.07, 6.45) is 8.79. The van der Waals surface area contributed by atoms with Crippen LogP contribution in [-0.2, 0) is 19.1 Å². The van der Waals surface area contributed by atoms with Crippen molar-refractivity contribution < 1.29 is 28.7 Å². The van der Waals surface area contributed by atoms with Crippen molar-refractivity contribution >= 4 is 24.0 Å². The molecule has 0 spiro atoms. The van der Waals surface area contributed by atoms with Crippen LogP contribution in [-0.4, -0.2) is 97.6 Å². The van der Waals surface area contributed by atoms with Crippen molar-refractivity contribution in [1.82, 2.24) is 45.4 Å². The van der Waals surface area contributed by atoms with Crippen LogP contribution >= 0.6 is 0 Å². The topological polar surface area (TPSA) is 188 Å². The molecule has 3 aliphatic rings. The molecule has 4 amide bonds. The summed E-state index contributed by atoms with van der Waals surface area (Å²) < 4.78 is 9.56. The fourth-order valence-electron chi connectivity index (χ4n) is 8.53. The second kappa shape index (κ2) is 16.2. The first-order valence-electron chi connectivity index (χ1n) is 19.5. The number of aromatic nitrogens is 5. The Morgan fingerprint density at radius 1 is 0.732 bits per heavy atom. The number of carbonyl (C=O) groups excluding carboxylic acids is 4. The van der Waals surface area contributed by atoms with Gasteiger partial charge in [0.2, 0.25) is 11.8 Å². The number of amides is 4. The Hall–Kier alpha value is -5.73. The van der Waals surface area contributed by atoms with Gasteiger partial charge in [-0.3, -0.25) is 14.6 Å². The number of hydrogen-bond acceptors (Lipinski definition) is 9. The monoisotopic (exact) mass is 765 g/mol. The van der Waals surface area contributed by atoms with Gasteiger partial charge in [-0.05, 0) is 62.0 Å². The molecule has 2 saturated heterocycles. The van der Waals surface area contributed by atoms with Gasteiger partial charge in [0, 0.05) is 47.9 Å². The van der Waals surface area contributed by atoms with E-state index in [-0.39, 0.29) is 41.8 Å². The van der Waals surface area contributed by atoms with Crippen molar-refractivity contribution in [3.05, 3.63) is 66.6 Å². The van der Waals surface area contributed by atoms with Crippen LogP contribution in [0.15, 0.2) is 55.0 Å². The lowest BCUT2D eigenvalue weighted by atomic mass is 9.95. The smallest absolute Gasteiger partial charge is 0.407 e. The number of H-pyrrole nitrogens is 2. The summed E-state index contributed by atoms with van der Waals surface area (Å²) in [6.45, 7) is 8.22. The summed E-state index contributed by atoms with van der Waals surface area (Å²) in [5.74, 6) is 1.28. The number of rotatable bonds is 11. The molecule has 56 heavy (non-hydrogen) atoms. The molecule has 2 aliphatic heterocycles. The van der Waals surface area contributed by atoms with Crippen molar-refractivity contribution in [3.63, 3.8) is 0 Å². The number of nitrogens with zero attached hydrogens (tertiary/aromatic N) is 5. The van der Waals surface area contributed by atoms with Gasteiger partial charge in [-0.25, -0.2) is 19.6 Å². The average molecular weight is 766 g/mol. The summed E-state index contributed by atoms with van der Waals surface area (Å²) in [7, 11) is 2.59. The van der Waals surface area contributed by atoms with Gasteiger partial charge in [-0.15, -0.1) is 0 Å². The number of benzene rings is 1.